The van der Waals surface area contributed by atoms with E-state index in [-0.39, 0.29) is 0 Å². The number of benzene rings is 1. The number of ether oxygens (including phenoxy) is 2. The molecule has 0 saturated heterocycles. The Bertz CT molecular complexity index is 328. The van der Waals surface area contributed by atoms with Gasteiger partial charge in [-0.3, -0.25) is 0 Å². The molecule has 0 aromatic heterocycles. The van der Waals surface area contributed by atoms with Crippen LogP contribution in [0.5, 0.6) is 0 Å². The van der Waals surface area contributed by atoms with Crippen molar-refractivity contribution in [1.82, 2.24) is 4.90 Å². The highest BCUT2D eigenvalue weighted by Gasteiger charge is 2.03. The second-order valence-electron chi connectivity index (χ2n) is 4.43. The molecule has 0 aliphatic carbocycles. The summed E-state index contributed by atoms with van der Waals surface area (Å²) in [5.41, 5.74) is 2.62. The Kier molecular flexibility index (Phi) is 7.65. The molecule has 0 aliphatic rings. The Labute approximate surface area is 111 Å². The van der Waals surface area contributed by atoms with E-state index in [0.29, 0.717) is 6.61 Å². The van der Waals surface area contributed by atoms with Crippen LogP contribution in [0.3, 0.4) is 0 Å². The fraction of sp³-hybridized carbons (Fsp3) is 0.600. The lowest BCUT2D eigenvalue weighted by Gasteiger charge is -2.19. The zero-order valence-electron chi connectivity index (χ0n) is 11.8. The van der Waals surface area contributed by atoms with E-state index in [2.05, 4.69) is 36.1 Å². The third kappa shape index (κ3) is 5.63. The first-order chi connectivity index (χ1) is 8.80. The van der Waals surface area contributed by atoms with E-state index in [0.717, 1.165) is 32.7 Å². The van der Waals surface area contributed by atoms with Crippen LogP contribution in [0.2, 0.25) is 0 Å². The van der Waals surface area contributed by atoms with Crippen LogP contribution in [0.4, 0.5) is 0 Å². The molecule has 0 amide bonds. The average Bonchev–Trinajstić information content (AvgIpc) is 2.40. The number of hydrogen-bond donors (Lipinski definition) is 0. The molecule has 18 heavy (non-hydrogen) atoms. The van der Waals surface area contributed by atoms with E-state index >= 15 is 0 Å². The summed E-state index contributed by atoms with van der Waals surface area (Å²) in [7, 11) is 3.48. The number of nitrogens with zero attached hydrogens (tertiary/aromatic N) is 1. The number of rotatable bonds is 9. The Morgan fingerprint density at radius 3 is 2.50 bits per heavy atom. The van der Waals surface area contributed by atoms with Gasteiger partial charge in [0.25, 0.3) is 0 Å². The van der Waals surface area contributed by atoms with E-state index in [1.54, 1.807) is 14.2 Å². The molecule has 0 aliphatic heterocycles. The van der Waals surface area contributed by atoms with Gasteiger partial charge < -0.3 is 14.4 Å². The highest BCUT2D eigenvalue weighted by molar-refractivity contribution is 5.23. The molecule has 102 valence electrons. The molecular formula is C15H25NO2. The summed E-state index contributed by atoms with van der Waals surface area (Å²) < 4.78 is 10.3. The Morgan fingerprint density at radius 1 is 1.06 bits per heavy atom. The SMILES string of the molecule is CCN(CCOC)CCc1cccc(COC)c1. The lowest BCUT2D eigenvalue weighted by atomic mass is 10.1. The topological polar surface area (TPSA) is 21.7 Å². The molecule has 1 rings (SSSR count). The number of hydrogen-bond acceptors (Lipinski definition) is 3. The zero-order valence-corrected chi connectivity index (χ0v) is 11.8. The maximum Gasteiger partial charge on any atom is 0.0713 e. The van der Waals surface area contributed by atoms with Crippen molar-refractivity contribution >= 4 is 0 Å². The van der Waals surface area contributed by atoms with Crippen molar-refractivity contribution in [2.24, 2.45) is 0 Å². The Morgan fingerprint density at radius 2 is 1.83 bits per heavy atom. The second-order valence-corrected chi connectivity index (χ2v) is 4.43. The second kappa shape index (κ2) is 9.09. The van der Waals surface area contributed by atoms with Crippen LogP contribution in [0.25, 0.3) is 0 Å². The molecule has 3 nitrogen and oxygen atoms in total. The minimum Gasteiger partial charge on any atom is -0.383 e. The van der Waals surface area contributed by atoms with Crippen LogP contribution in [0.1, 0.15) is 18.1 Å². The summed E-state index contributed by atoms with van der Waals surface area (Å²) in [6, 6.07) is 8.63. The summed E-state index contributed by atoms with van der Waals surface area (Å²) in [5.74, 6) is 0. The summed E-state index contributed by atoms with van der Waals surface area (Å²) in [4.78, 5) is 2.41. The normalized spacial score (nSPS) is 11.1. The minimum atomic E-state index is 0.689. The van der Waals surface area contributed by atoms with Crippen molar-refractivity contribution in [2.45, 2.75) is 20.0 Å². The minimum absolute atomic E-state index is 0.689. The molecule has 0 bridgehead atoms. The van der Waals surface area contributed by atoms with Gasteiger partial charge in [-0.1, -0.05) is 31.2 Å². The largest absolute Gasteiger partial charge is 0.383 e. The first-order valence-corrected chi connectivity index (χ1v) is 6.58. The summed E-state index contributed by atoms with van der Waals surface area (Å²) in [5, 5.41) is 0. The Balaban J connectivity index is 2.43. The van der Waals surface area contributed by atoms with Crippen molar-refractivity contribution < 1.29 is 9.47 Å². The molecule has 0 saturated carbocycles. The average molecular weight is 251 g/mol. The zero-order chi connectivity index (χ0) is 13.2. The standard InChI is InChI=1S/C15H25NO2/c1-4-16(10-11-17-2)9-8-14-6-5-7-15(12-14)13-18-3/h5-7,12H,4,8-11,13H2,1-3H3. The third-order valence-electron chi connectivity index (χ3n) is 3.08. The Hall–Kier alpha value is -0.900. The summed E-state index contributed by atoms with van der Waals surface area (Å²) in [6.45, 7) is 6.84. The van der Waals surface area contributed by atoms with Gasteiger partial charge in [0, 0.05) is 27.3 Å². The molecule has 0 unspecified atom stereocenters. The highest BCUT2D eigenvalue weighted by atomic mass is 16.5. The summed E-state index contributed by atoms with van der Waals surface area (Å²) >= 11 is 0. The fourth-order valence-corrected chi connectivity index (χ4v) is 1.98. The van der Waals surface area contributed by atoms with Crippen molar-refractivity contribution in [1.29, 1.82) is 0 Å². The molecule has 3 heteroatoms. The van der Waals surface area contributed by atoms with E-state index in [1.807, 2.05) is 0 Å². The molecule has 0 heterocycles. The lowest BCUT2D eigenvalue weighted by molar-refractivity contribution is 0.151. The highest BCUT2D eigenvalue weighted by Crippen LogP contribution is 2.08. The van der Waals surface area contributed by atoms with Crippen molar-refractivity contribution in [3.63, 3.8) is 0 Å². The van der Waals surface area contributed by atoms with Gasteiger partial charge in [-0.2, -0.15) is 0 Å². The van der Waals surface area contributed by atoms with Crippen LogP contribution in [-0.2, 0) is 22.5 Å². The van der Waals surface area contributed by atoms with Crippen molar-refractivity contribution in [3.8, 4) is 0 Å². The van der Waals surface area contributed by atoms with Gasteiger partial charge in [0.05, 0.1) is 13.2 Å². The number of methoxy groups -OCH3 is 2. The van der Waals surface area contributed by atoms with Gasteiger partial charge in [-0.25, -0.2) is 0 Å². The predicted octanol–water partition coefficient (Wildman–Crippen LogP) is 2.34. The molecule has 0 fully saturated rings. The quantitative estimate of drug-likeness (QED) is 0.672. The predicted molar refractivity (Wildman–Crippen MR) is 74.8 cm³/mol. The first kappa shape index (κ1) is 15.2. The van der Waals surface area contributed by atoms with E-state index in [1.165, 1.54) is 11.1 Å². The third-order valence-corrected chi connectivity index (χ3v) is 3.08. The van der Waals surface area contributed by atoms with Gasteiger partial charge in [0.1, 0.15) is 0 Å². The number of likely N-dealkylation sites (N-methyl/N-ethyl adjacent to an activating group) is 1. The van der Waals surface area contributed by atoms with E-state index in [9.17, 15) is 0 Å². The molecule has 1 aromatic rings. The molecule has 0 radical (unpaired) electrons. The van der Waals surface area contributed by atoms with Gasteiger partial charge >= 0.3 is 0 Å². The van der Waals surface area contributed by atoms with E-state index in [4.69, 9.17) is 9.47 Å². The maximum atomic E-state index is 5.16. The van der Waals surface area contributed by atoms with Gasteiger partial charge in [-0.15, -0.1) is 0 Å². The molecule has 0 atom stereocenters. The molecule has 0 N–H and O–H groups in total. The van der Waals surface area contributed by atoms with Crippen LogP contribution < -0.4 is 0 Å². The van der Waals surface area contributed by atoms with Crippen LogP contribution >= 0.6 is 0 Å². The van der Waals surface area contributed by atoms with Crippen LogP contribution in [0.15, 0.2) is 24.3 Å². The molecule has 1 aromatic carbocycles. The summed E-state index contributed by atoms with van der Waals surface area (Å²) in [6.07, 6.45) is 1.08. The van der Waals surface area contributed by atoms with Crippen LogP contribution in [0, 0.1) is 0 Å². The maximum absolute atomic E-state index is 5.16. The smallest absolute Gasteiger partial charge is 0.0713 e. The lowest BCUT2D eigenvalue weighted by Crippen LogP contribution is -2.29. The van der Waals surface area contributed by atoms with E-state index < -0.39 is 0 Å². The van der Waals surface area contributed by atoms with Gasteiger partial charge in [0.15, 0.2) is 0 Å². The first-order valence-electron chi connectivity index (χ1n) is 6.58. The van der Waals surface area contributed by atoms with Crippen molar-refractivity contribution in [3.05, 3.63) is 35.4 Å². The van der Waals surface area contributed by atoms with Crippen molar-refractivity contribution in [2.75, 3.05) is 40.5 Å². The van der Waals surface area contributed by atoms with Gasteiger partial charge in [-0.05, 0) is 24.1 Å². The monoisotopic (exact) mass is 251 g/mol. The van der Waals surface area contributed by atoms with Crippen LogP contribution in [-0.4, -0.2) is 45.4 Å². The molecular weight excluding hydrogens is 226 g/mol. The van der Waals surface area contributed by atoms with Gasteiger partial charge in [0.2, 0.25) is 0 Å². The fourth-order valence-electron chi connectivity index (χ4n) is 1.98. The molecule has 0 spiro atoms.